The molecule has 0 unspecified atom stereocenters. The topological polar surface area (TPSA) is 23.5 Å². The van der Waals surface area contributed by atoms with Crippen molar-refractivity contribution in [2.24, 2.45) is 5.92 Å². The highest BCUT2D eigenvalue weighted by Crippen LogP contribution is 2.44. The van der Waals surface area contributed by atoms with Crippen LogP contribution >= 0.6 is 0 Å². The number of aromatic hydroxyl groups is 1. The van der Waals surface area contributed by atoms with Crippen molar-refractivity contribution >= 4 is 0 Å². The Labute approximate surface area is 168 Å². The summed E-state index contributed by atoms with van der Waals surface area (Å²) in [6.07, 6.45) is 3.51. The summed E-state index contributed by atoms with van der Waals surface area (Å²) in [5.74, 6) is 1.15. The molecule has 1 aliphatic heterocycles. The Kier molecular flexibility index (Phi) is 5.60. The smallest absolute Gasteiger partial charge is 0.123 e. The van der Waals surface area contributed by atoms with E-state index >= 15 is 0 Å². The van der Waals surface area contributed by atoms with Crippen molar-refractivity contribution in [3.63, 3.8) is 0 Å². The molecule has 1 fully saturated rings. The SMILES string of the molecule is CN1C(C)(C)CC(Cc2cc(C(C)(C)C)c(O)c(C(C)(C)C)c2)CC1(C)C. The Hall–Kier alpha value is -1.02. The van der Waals surface area contributed by atoms with Crippen LogP contribution in [0.25, 0.3) is 0 Å². The average Bonchev–Trinajstić information content (AvgIpc) is 2.43. The zero-order valence-electron chi connectivity index (χ0n) is 19.7. The summed E-state index contributed by atoms with van der Waals surface area (Å²) in [4.78, 5) is 2.55. The van der Waals surface area contributed by atoms with E-state index in [9.17, 15) is 5.11 Å². The lowest BCUT2D eigenvalue weighted by atomic mass is 9.71. The molecule has 0 saturated carbocycles. The van der Waals surface area contributed by atoms with Crippen LogP contribution in [-0.4, -0.2) is 28.1 Å². The quantitative estimate of drug-likeness (QED) is 0.646. The molecule has 0 radical (unpaired) electrons. The highest BCUT2D eigenvalue weighted by molar-refractivity contribution is 5.50. The molecule has 1 aliphatic rings. The van der Waals surface area contributed by atoms with E-state index in [1.807, 2.05) is 0 Å². The van der Waals surface area contributed by atoms with Crippen LogP contribution in [0.5, 0.6) is 5.75 Å². The van der Waals surface area contributed by atoms with Crippen LogP contribution < -0.4 is 0 Å². The van der Waals surface area contributed by atoms with Gasteiger partial charge in [-0.15, -0.1) is 0 Å². The van der Waals surface area contributed by atoms with E-state index in [0.29, 0.717) is 11.7 Å². The minimum atomic E-state index is -0.0641. The zero-order chi connectivity index (χ0) is 21.0. The fourth-order valence-corrected chi connectivity index (χ4v) is 5.01. The second kappa shape index (κ2) is 6.79. The standard InChI is InChI=1S/C25H43NO/c1-22(2,3)19-13-17(14-20(21(19)27)23(4,5)6)12-18-15-24(7,8)26(11)25(9,10)16-18/h13-14,18,27H,12,15-16H2,1-11H3. The van der Waals surface area contributed by atoms with E-state index in [1.165, 1.54) is 18.4 Å². The van der Waals surface area contributed by atoms with Crippen molar-refractivity contribution in [2.45, 2.75) is 110 Å². The third kappa shape index (κ3) is 4.70. The highest BCUT2D eigenvalue weighted by atomic mass is 16.3. The van der Waals surface area contributed by atoms with Gasteiger partial charge in [0.05, 0.1) is 0 Å². The lowest BCUT2D eigenvalue weighted by molar-refractivity contribution is -0.0297. The Balaban J connectivity index is 2.45. The third-order valence-electron chi connectivity index (χ3n) is 6.70. The van der Waals surface area contributed by atoms with Gasteiger partial charge in [-0.05, 0) is 87.4 Å². The predicted octanol–water partition coefficient (Wildman–Crippen LogP) is 6.43. The van der Waals surface area contributed by atoms with Gasteiger partial charge in [-0.25, -0.2) is 0 Å². The monoisotopic (exact) mass is 373 g/mol. The van der Waals surface area contributed by atoms with Gasteiger partial charge in [0.2, 0.25) is 0 Å². The fraction of sp³-hybridized carbons (Fsp3) is 0.760. The lowest BCUT2D eigenvalue weighted by Gasteiger charge is -2.54. The number of likely N-dealkylation sites (tertiary alicyclic amines) is 1. The number of phenols is 1. The van der Waals surface area contributed by atoms with Crippen LogP contribution in [0.1, 0.15) is 98.8 Å². The summed E-state index contributed by atoms with van der Waals surface area (Å²) in [6, 6.07) is 4.53. The van der Waals surface area contributed by atoms with Crippen LogP contribution in [0.3, 0.4) is 0 Å². The summed E-state index contributed by atoms with van der Waals surface area (Å²) >= 11 is 0. The van der Waals surface area contributed by atoms with Gasteiger partial charge in [0, 0.05) is 11.1 Å². The second-order valence-electron chi connectivity index (χ2n) is 12.2. The normalized spacial score (nSPS) is 21.4. The number of piperidine rings is 1. The highest BCUT2D eigenvalue weighted by Gasteiger charge is 2.43. The van der Waals surface area contributed by atoms with Crippen molar-refractivity contribution < 1.29 is 5.11 Å². The van der Waals surface area contributed by atoms with Gasteiger partial charge in [0.25, 0.3) is 0 Å². The maximum atomic E-state index is 11.0. The molecule has 27 heavy (non-hydrogen) atoms. The summed E-state index contributed by atoms with van der Waals surface area (Å²) in [5.41, 5.74) is 3.83. The van der Waals surface area contributed by atoms with Gasteiger partial charge in [-0.3, -0.25) is 4.90 Å². The first kappa shape index (κ1) is 22.3. The van der Waals surface area contributed by atoms with Gasteiger partial charge in [0.1, 0.15) is 5.75 Å². The second-order valence-corrected chi connectivity index (χ2v) is 12.2. The minimum Gasteiger partial charge on any atom is -0.507 e. The number of hydrogen-bond donors (Lipinski definition) is 1. The molecular formula is C25H43NO. The minimum absolute atomic E-state index is 0.0641. The van der Waals surface area contributed by atoms with Gasteiger partial charge >= 0.3 is 0 Å². The predicted molar refractivity (Wildman–Crippen MR) is 118 cm³/mol. The van der Waals surface area contributed by atoms with Crippen LogP contribution in [0.4, 0.5) is 0 Å². The first-order chi connectivity index (χ1) is 11.9. The molecule has 0 amide bonds. The summed E-state index contributed by atoms with van der Waals surface area (Å²) < 4.78 is 0. The number of hydrogen-bond acceptors (Lipinski definition) is 2. The third-order valence-corrected chi connectivity index (χ3v) is 6.70. The molecule has 0 atom stereocenters. The number of phenolic OH excluding ortho intramolecular Hbond substituents is 1. The van der Waals surface area contributed by atoms with Crippen molar-refractivity contribution in [3.8, 4) is 5.75 Å². The maximum absolute atomic E-state index is 11.0. The van der Waals surface area contributed by atoms with Crippen LogP contribution in [0, 0.1) is 5.92 Å². The Morgan fingerprint density at radius 2 is 1.26 bits per heavy atom. The molecule has 0 bridgehead atoms. The number of rotatable bonds is 2. The van der Waals surface area contributed by atoms with Gasteiger partial charge in [0.15, 0.2) is 0 Å². The molecular weight excluding hydrogens is 330 g/mol. The summed E-state index contributed by atoms with van der Waals surface area (Å²) in [5, 5.41) is 11.0. The molecule has 1 saturated heterocycles. The van der Waals surface area contributed by atoms with Crippen molar-refractivity contribution in [2.75, 3.05) is 7.05 Å². The summed E-state index contributed by atoms with van der Waals surface area (Å²) in [6.45, 7) is 22.7. The largest absolute Gasteiger partial charge is 0.507 e. The Bertz CT molecular complexity index is 632. The summed E-state index contributed by atoms with van der Waals surface area (Å²) in [7, 11) is 2.27. The molecule has 0 aromatic heterocycles. The van der Waals surface area contributed by atoms with Crippen molar-refractivity contribution in [3.05, 3.63) is 28.8 Å². The van der Waals surface area contributed by atoms with Gasteiger partial charge < -0.3 is 5.11 Å². The Morgan fingerprint density at radius 1 is 0.889 bits per heavy atom. The van der Waals surface area contributed by atoms with Crippen molar-refractivity contribution in [1.29, 1.82) is 0 Å². The van der Waals surface area contributed by atoms with E-state index in [4.69, 9.17) is 0 Å². The van der Waals surface area contributed by atoms with Crippen LogP contribution in [0.15, 0.2) is 12.1 Å². The molecule has 1 aromatic carbocycles. The molecule has 2 rings (SSSR count). The molecule has 1 heterocycles. The molecule has 2 nitrogen and oxygen atoms in total. The van der Waals surface area contributed by atoms with Crippen LogP contribution in [0.2, 0.25) is 0 Å². The van der Waals surface area contributed by atoms with E-state index in [-0.39, 0.29) is 21.9 Å². The molecule has 2 heteroatoms. The van der Waals surface area contributed by atoms with E-state index in [1.54, 1.807) is 0 Å². The molecule has 1 aromatic rings. The van der Waals surface area contributed by atoms with E-state index in [2.05, 4.69) is 93.3 Å². The van der Waals surface area contributed by atoms with Gasteiger partial charge in [-0.2, -0.15) is 0 Å². The van der Waals surface area contributed by atoms with E-state index < -0.39 is 0 Å². The zero-order valence-corrected chi connectivity index (χ0v) is 19.7. The van der Waals surface area contributed by atoms with Crippen molar-refractivity contribution in [1.82, 2.24) is 4.90 Å². The number of nitrogens with zero attached hydrogens (tertiary/aromatic N) is 1. The molecule has 0 spiro atoms. The molecule has 1 N–H and O–H groups in total. The Morgan fingerprint density at radius 3 is 1.59 bits per heavy atom. The molecule has 154 valence electrons. The molecule has 0 aliphatic carbocycles. The first-order valence-corrected chi connectivity index (χ1v) is 10.6. The maximum Gasteiger partial charge on any atom is 0.123 e. The van der Waals surface area contributed by atoms with Gasteiger partial charge in [-0.1, -0.05) is 53.7 Å². The van der Waals surface area contributed by atoms with E-state index in [0.717, 1.165) is 17.5 Å². The van der Waals surface area contributed by atoms with Crippen LogP contribution in [-0.2, 0) is 17.3 Å². The fourth-order valence-electron chi connectivity index (χ4n) is 5.01. The first-order valence-electron chi connectivity index (χ1n) is 10.6. The lowest BCUT2D eigenvalue weighted by Crippen LogP contribution is -2.58. The average molecular weight is 374 g/mol. The number of benzene rings is 1.